The summed E-state index contributed by atoms with van der Waals surface area (Å²) in [6, 6.07) is 1.87. The van der Waals surface area contributed by atoms with Gasteiger partial charge in [0.05, 0.1) is 13.2 Å². The van der Waals surface area contributed by atoms with Gasteiger partial charge in [0.1, 0.15) is 4.88 Å². The number of methoxy groups -OCH3 is 1. The minimum absolute atomic E-state index is 0.0469. The van der Waals surface area contributed by atoms with Crippen LogP contribution in [0.5, 0.6) is 0 Å². The average Bonchev–Trinajstić information content (AvgIpc) is 3.08. The Morgan fingerprint density at radius 2 is 2.50 bits per heavy atom. The van der Waals surface area contributed by atoms with Crippen LogP contribution < -0.4 is 0 Å². The van der Waals surface area contributed by atoms with Gasteiger partial charge in [-0.15, -0.1) is 11.3 Å². The molecule has 1 aromatic rings. The van der Waals surface area contributed by atoms with E-state index in [0.29, 0.717) is 23.8 Å². The minimum Gasteiger partial charge on any atom is -0.395 e. The number of amides is 1. The van der Waals surface area contributed by atoms with E-state index < -0.39 is 0 Å². The van der Waals surface area contributed by atoms with E-state index in [-0.39, 0.29) is 12.5 Å². The molecule has 4 nitrogen and oxygen atoms in total. The Bertz CT molecular complexity index is 515. The summed E-state index contributed by atoms with van der Waals surface area (Å²) in [5, 5.41) is 10.6. The second kappa shape index (κ2) is 7.44. The first kappa shape index (κ1) is 15.0. The highest BCUT2D eigenvalue weighted by Gasteiger charge is 2.28. The summed E-state index contributed by atoms with van der Waals surface area (Å²) in [5.41, 5.74) is 0.767. The largest absolute Gasteiger partial charge is 0.395 e. The second-order valence-electron chi connectivity index (χ2n) is 4.80. The summed E-state index contributed by atoms with van der Waals surface area (Å²) in [6.07, 6.45) is 1.43. The van der Waals surface area contributed by atoms with Crippen molar-refractivity contribution < 1.29 is 14.6 Å². The maximum absolute atomic E-state index is 12.5. The zero-order valence-corrected chi connectivity index (χ0v) is 12.4. The molecule has 2 rings (SSSR count). The van der Waals surface area contributed by atoms with Crippen molar-refractivity contribution in [3.8, 4) is 11.8 Å². The fraction of sp³-hybridized carbons (Fsp3) is 0.533. The number of nitrogens with zero attached hydrogens (tertiary/aromatic N) is 1. The van der Waals surface area contributed by atoms with Crippen LogP contribution in [0, 0.1) is 17.8 Å². The quantitative estimate of drug-likeness (QED) is 0.858. The minimum atomic E-state index is 0.0469. The van der Waals surface area contributed by atoms with Crippen LogP contribution >= 0.6 is 11.3 Å². The number of hydrogen-bond acceptors (Lipinski definition) is 4. The van der Waals surface area contributed by atoms with Crippen LogP contribution in [0.2, 0.25) is 0 Å². The van der Waals surface area contributed by atoms with E-state index >= 15 is 0 Å². The SMILES string of the molecule is COCC1CCN(C(=O)c2sccc2C#CCCO)C1. The standard InChI is InChI=1S/C15H19NO3S/c1-19-11-12-5-7-16(10-12)15(18)14-13(6-9-20-14)4-2-3-8-17/h6,9,12,17H,3,5,7-8,10-11H2,1H3. The molecule has 20 heavy (non-hydrogen) atoms. The molecular weight excluding hydrogens is 274 g/mol. The normalized spacial score (nSPS) is 17.9. The average molecular weight is 293 g/mol. The highest BCUT2D eigenvalue weighted by molar-refractivity contribution is 7.12. The number of hydrogen-bond donors (Lipinski definition) is 1. The topological polar surface area (TPSA) is 49.8 Å². The molecular formula is C15H19NO3S. The number of ether oxygens (including phenoxy) is 1. The van der Waals surface area contributed by atoms with Gasteiger partial charge in [0.25, 0.3) is 5.91 Å². The lowest BCUT2D eigenvalue weighted by Gasteiger charge is -2.15. The maximum Gasteiger partial charge on any atom is 0.265 e. The Morgan fingerprint density at radius 3 is 3.25 bits per heavy atom. The van der Waals surface area contributed by atoms with Gasteiger partial charge in [-0.3, -0.25) is 4.79 Å². The molecule has 0 saturated carbocycles. The Balaban J connectivity index is 2.04. The Kier molecular flexibility index (Phi) is 5.60. The van der Waals surface area contributed by atoms with E-state index in [1.807, 2.05) is 16.3 Å². The van der Waals surface area contributed by atoms with Crippen LogP contribution in [0.15, 0.2) is 11.4 Å². The molecule has 0 radical (unpaired) electrons. The zero-order valence-electron chi connectivity index (χ0n) is 11.6. The van der Waals surface area contributed by atoms with Gasteiger partial charge in [-0.05, 0) is 17.9 Å². The zero-order chi connectivity index (χ0) is 14.4. The van der Waals surface area contributed by atoms with E-state index in [2.05, 4.69) is 11.8 Å². The van der Waals surface area contributed by atoms with Gasteiger partial charge in [0.15, 0.2) is 0 Å². The van der Waals surface area contributed by atoms with Crippen molar-refractivity contribution in [3.05, 3.63) is 21.9 Å². The van der Waals surface area contributed by atoms with Crippen LogP contribution in [0.25, 0.3) is 0 Å². The lowest BCUT2D eigenvalue weighted by Crippen LogP contribution is -2.29. The van der Waals surface area contributed by atoms with Crippen molar-refractivity contribution in [2.75, 3.05) is 33.4 Å². The van der Waals surface area contributed by atoms with Crippen molar-refractivity contribution in [2.45, 2.75) is 12.8 Å². The number of carbonyl (C=O) groups is 1. The molecule has 1 aliphatic rings. The van der Waals surface area contributed by atoms with Crippen LogP contribution in [0.3, 0.4) is 0 Å². The summed E-state index contributed by atoms with van der Waals surface area (Å²) < 4.78 is 5.15. The molecule has 108 valence electrons. The van der Waals surface area contributed by atoms with E-state index in [1.54, 1.807) is 7.11 Å². The predicted molar refractivity (Wildman–Crippen MR) is 78.8 cm³/mol. The number of aliphatic hydroxyl groups excluding tert-OH is 1. The fourth-order valence-corrected chi connectivity index (χ4v) is 3.14. The third kappa shape index (κ3) is 3.60. The molecule has 1 fully saturated rings. The second-order valence-corrected chi connectivity index (χ2v) is 5.72. The predicted octanol–water partition coefficient (Wildman–Crippen LogP) is 1.59. The number of likely N-dealkylation sites (tertiary alicyclic amines) is 1. The fourth-order valence-electron chi connectivity index (χ4n) is 2.32. The van der Waals surface area contributed by atoms with Crippen molar-refractivity contribution in [1.82, 2.24) is 4.90 Å². The van der Waals surface area contributed by atoms with Gasteiger partial charge in [-0.2, -0.15) is 0 Å². The summed E-state index contributed by atoms with van der Waals surface area (Å²) in [6.45, 7) is 2.30. The number of carbonyl (C=O) groups excluding carboxylic acids is 1. The van der Waals surface area contributed by atoms with E-state index in [4.69, 9.17) is 9.84 Å². The van der Waals surface area contributed by atoms with Gasteiger partial charge in [0, 0.05) is 38.1 Å². The van der Waals surface area contributed by atoms with Crippen molar-refractivity contribution in [2.24, 2.45) is 5.92 Å². The van der Waals surface area contributed by atoms with Crippen LogP contribution in [-0.4, -0.2) is 49.3 Å². The molecule has 1 saturated heterocycles. The first-order valence-corrected chi connectivity index (χ1v) is 7.59. The molecule has 0 aromatic carbocycles. The van der Waals surface area contributed by atoms with Crippen LogP contribution in [-0.2, 0) is 4.74 Å². The first-order chi connectivity index (χ1) is 9.76. The Morgan fingerprint density at radius 1 is 1.65 bits per heavy atom. The molecule has 1 unspecified atom stereocenters. The van der Waals surface area contributed by atoms with Crippen LogP contribution in [0.4, 0.5) is 0 Å². The van der Waals surface area contributed by atoms with Crippen molar-refractivity contribution in [3.63, 3.8) is 0 Å². The molecule has 1 aromatic heterocycles. The van der Waals surface area contributed by atoms with E-state index in [9.17, 15) is 4.79 Å². The van der Waals surface area contributed by atoms with Crippen LogP contribution in [0.1, 0.15) is 28.1 Å². The summed E-state index contributed by atoms with van der Waals surface area (Å²) in [4.78, 5) is 15.1. The Labute approximate surface area is 123 Å². The molecule has 0 bridgehead atoms. The smallest absolute Gasteiger partial charge is 0.265 e. The molecule has 0 spiro atoms. The monoisotopic (exact) mass is 293 g/mol. The van der Waals surface area contributed by atoms with Crippen molar-refractivity contribution in [1.29, 1.82) is 0 Å². The molecule has 1 amide bonds. The van der Waals surface area contributed by atoms with Gasteiger partial charge >= 0.3 is 0 Å². The van der Waals surface area contributed by atoms with Gasteiger partial charge in [-0.25, -0.2) is 0 Å². The maximum atomic E-state index is 12.5. The number of aliphatic hydroxyl groups is 1. The highest BCUT2D eigenvalue weighted by Crippen LogP contribution is 2.23. The lowest BCUT2D eigenvalue weighted by molar-refractivity contribution is 0.0780. The molecule has 5 heteroatoms. The molecule has 1 atom stereocenters. The lowest BCUT2D eigenvalue weighted by atomic mass is 10.1. The first-order valence-electron chi connectivity index (χ1n) is 6.71. The third-order valence-electron chi connectivity index (χ3n) is 3.29. The third-order valence-corrected chi connectivity index (χ3v) is 4.20. The molecule has 1 N–H and O–H groups in total. The molecule has 2 heterocycles. The van der Waals surface area contributed by atoms with Gasteiger partial charge in [0.2, 0.25) is 0 Å². The molecule has 0 aliphatic carbocycles. The number of thiophene rings is 1. The van der Waals surface area contributed by atoms with Crippen molar-refractivity contribution >= 4 is 17.2 Å². The van der Waals surface area contributed by atoms with Gasteiger partial charge < -0.3 is 14.7 Å². The highest BCUT2D eigenvalue weighted by atomic mass is 32.1. The number of rotatable bonds is 4. The summed E-state index contributed by atoms with van der Waals surface area (Å²) in [5.74, 6) is 6.33. The van der Waals surface area contributed by atoms with E-state index in [1.165, 1.54) is 11.3 Å². The van der Waals surface area contributed by atoms with Gasteiger partial charge in [-0.1, -0.05) is 11.8 Å². The Hall–Kier alpha value is -1.35. The molecule has 1 aliphatic heterocycles. The summed E-state index contributed by atoms with van der Waals surface area (Å²) >= 11 is 1.43. The summed E-state index contributed by atoms with van der Waals surface area (Å²) in [7, 11) is 1.69. The van der Waals surface area contributed by atoms with E-state index in [0.717, 1.165) is 25.1 Å².